The minimum Gasteiger partial charge on any atom is -0.394 e. The van der Waals surface area contributed by atoms with Crippen LogP contribution in [0.2, 0.25) is 0 Å². The Hall–Kier alpha value is -0.910. The van der Waals surface area contributed by atoms with Crippen molar-refractivity contribution >= 4 is 9.84 Å². The van der Waals surface area contributed by atoms with Crippen LogP contribution in [0.15, 0.2) is 29.2 Å². The maximum atomic E-state index is 13.0. The summed E-state index contributed by atoms with van der Waals surface area (Å²) in [6.07, 6.45) is 0.985. The molecule has 1 aliphatic rings. The van der Waals surface area contributed by atoms with E-state index in [0.717, 1.165) is 5.56 Å². The van der Waals surface area contributed by atoms with Crippen LogP contribution >= 0.6 is 0 Å². The Morgan fingerprint density at radius 1 is 1.45 bits per heavy atom. The normalized spacial score (nSPS) is 27.4. The zero-order valence-corrected chi connectivity index (χ0v) is 12.8. The van der Waals surface area contributed by atoms with Crippen molar-refractivity contribution < 1.29 is 18.3 Å². The molecule has 4 nitrogen and oxygen atoms in total. The number of hydrogen-bond acceptors (Lipinski definition) is 4. The predicted molar refractivity (Wildman–Crippen MR) is 77.4 cm³/mol. The average Bonchev–Trinajstić information content (AvgIpc) is 2.47. The number of aryl methyl sites for hydroxylation is 1. The van der Waals surface area contributed by atoms with Crippen molar-refractivity contribution in [1.29, 1.82) is 0 Å². The van der Waals surface area contributed by atoms with E-state index in [0.29, 0.717) is 30.8 Å². The van der Waals surface area contributed by atoms with Gasteiger partial charge in [0.1, 0.15) is 0 Å². The highest BCUT2D eigenvalue weighted by Crippen LogP contribution is 2.39. The highest BCUT2D eigenvalue weighted by Gasteiger charge is 2.46. The lowest BCUT2D eigenvalue weighted by Crippen LogP contribution is -2.47. The van der Waals surface area contributed by atoms with Crippen molar-refractivity contribution in [2.75, 3.05) is 13.2 Å². The summed E-state index contributed by atoms with van der Waals surface area (Å²) in [5.41, 5.74) is 0.933. The number of hydrogen-bond donors (Lipinski definition) is 1. The van der Waals surface area contributed by atoms with Crippen molar-refractivity contribution in [3.8, 4) is 0 Å². The zero-order chi connectivity index (χ0) is 14.8. The van der Waals surface area contributed by atoms with E-state index < -0.39 is 14.6 Å². The molecule has 2 atom stereocenters. The van der Waals surface area contributed by atoms with Crippen molar-refractivity contribution in [3.63, 3.8) is 0 Å². The molecule has 5 heteroatoms. The minimum atomic E-state index is -3.43. The molecule has 2 rings (SSSR count). The van der Waals surface area contributed by atoms with Crippen molar-refractivity contribution in [1.82, 2.24) is 0 Å². The highest BCUT2D eigenvalue weighted by molar-refractivity contribution is 7.92. The smallest absolute Gasteiger partial charge is 0.184 e. The molecule has 1 N–H and O–H groups in total. The van der Waals surface area contributed by atoms with Crippen molar-refractivity contribution in [2.24, 2.45) is 0 Å². The van der Waals surface area contributed by atoms with Gasteiger partial charge in [-0.2, -0.15) is 0 Å². The lowest BCUT2D eigenvalue weighted by molar-refractivity contribution is -0.0320. The van der Waals surface area contributed by atoms with Crippen molar-refractivity contribution in [2.45, 2.75) is 48.9 Å². The zero-order valence-electron chi connectivity index (χ0n) is 12.0. The Morgan fingerprint density at radius 2 is 2.20 bits per heavy atom. The molecule has 0 aliphatic carbocycles. The Balaban J connectivity index is 2.44. The standard InChI is InChI=1S/C15H22O4S/c1-3-15(7-8-19-13(10-15)11-16)20(17,18)14-6-4-5-12(2)9-14/h4-6,9,13,16H,3,7-8,10-11H2,1-2H3. The molecule has 1 saturated heterocycles. The van der Waals surface area contributed by atoms with Crippen LogP contribution in [-0.4, -0.2) is 37.6 Å². The van der Waals surface area contributed by atoms with Gasteiger partial charge >= 0.3 is 0 Å². The summed E-state index contributed by atoms with van der Waals surface area (Å²) in [4.78, 5) is 0.373. The van der Waals surface area contributed by atoms with Gasteiger partial charge in [0.2, 0.25) is 0 Å². The van der Waals surface area contributed by atoms with Gasteiger partial charge in [-0.05, 0) is 43.9 Å². The van der Waals surface area contributed by atoms with E-state index >= 15 is 0 Å². The Morgan fingerprint density at radius 3 is 2.80 bits per heavy atom. The molecular formula is C15H22O4S. The first-order chi connectivity index (χ1) is 9.45. The number of sulfone groups is 1. The van der Waals surface area contributed by atoms with Crippen LogP contribution in [0, 0.1) is 6.92 Å². The Kier molecular flexibility index (Phi) is 4.52. The third kappa shape index (κ3) is 2.62. The topological polar surface area (TPSA) is 63.6 Å². The van der Waals surface area contributed by atoms with Gasteiger partial charge in [-0.15, -0.1) is 0 Å². The molecule has 0 amide bonds. The molecule has 1 aromatic carbocycles. The second-order valence-electron chi connectivity index (χ2n) is 5.49. The van der Waals surface area contributed by atoms with Crippen LogP contribution in [0.4, 0.5) is 0 Å². The minimum absolute atomic E-state index is 0.134. The SMILES string of the molecule is CCC1(S(=O)(=O)c2cccc(C)c2)CCOC(CO)C1. The van der Waals surface area contributed by atoms with Gasteiger partial charge in [0.05, 0.1) is 22.4 Å². The van der Waals surface area contributed by atoms with E-state index in [2.05, 4.69) is 0 Å². The monoisotopic (exact) mass is 298 g/mol. The van der Waals surface area contributed by atoms with Crippen LogP contribution in [0.5, 0.6) is 0 Å². The Labute approximate surface area is 120 Å². The number of aliphatic hydroxyl groups is 1. The maximum Gasteiger partial charge on any atom is 0.184 e. The lowest BCUT2D eigenvalue weighted by Gasteiger charge is -2.39. The number of ether oxygens (including phenoxy) is 1. The van der Waals surface area contributed by atoms with Gasteiger partial charge in [-0.1, -0.05) is 19.1 Å². The largest absolute Gasteiger partial charge is 0.394 e. The summed E-state index contributed by atoms with van der Waals surface area (Å²) in [5, 5.41) is 9.28. The van der Waals surface area contributed by atoms with Gasteiger partial charge < -0.3 is 9.84 Å². The van der Waals surface area contributed by atoms with Crippen LogP contribution < -0.4 is 0 Å². The van der Waals surface area contributed by atoms with Gasteiger partial charge in [0.25, 0.3) is 0 Å². The number of rotatable bonds is 4. The fourth-order valence-electron chi connectivity index (χ4n) is 2.89. The van der Waals surface area contributed by atoms with E-state index in [4.69, 9.17) is 4.74 Å². The summed E-state index contributed by atoms with van der Waals surface area (Å²) in [6, 6.07) is 7.03. The summed E-state index contributed by atoms with van der Waals surface area (Å²) < 4.78 is 30.6. The molecule has 1 fully saturated rings. The van der Waals surface area contributed by atoms with E-state index in [9.17, 15) is 13.5 Å². The molecule has 112 valence electrons. The first-order valence-electron chi connectivity index (χ1n) is 6.99. The summed E-state index contributed by atoms with van der Waals surface area (Å²) in [6.45, 7) is 4.03. The Bertz CT molecular complexity index is 567. The summed E-state index contributed by atoms with van der Waals surface area (Å²) in [7, 11) is -3.43. The first kappa shape index (κ1) is 15.5. The van der Waals surface area contributed by atoms with E-state index in [1.165, 1.54) is 0 Å². The molecule has 1 aliphatic heterocycles. The first-order valence-corrected chi connectivity index (χ1v) is 8.47. The van der Waals surface area contributed by atoms with Crippen LogP contribution in [0.3, 0.4) is 0 Å². The maximum absolute atomic E-state index is 13.0. The molecule has 0 saturated carbocycles. The van der Waals surface area contributed by atoms with E-state index in [1.54, 1.807) is 18.2 Å². The molecule has 0 spiro atoms. The molecule has 1 heterocycles. The van der Waals surface area contributed by atoms with Crippen LogP contribution in [-0.2, 0) is 14.6 Å². The molecule has 0 radical (unpaired) electrons. The lowest BCUT2D eigenvalue weighted by atomic mass is 9.92. The molecule has 20 heavy (non-hydrogen) atoms. The molecule has 1 aromatic rings. The van der Waals surface area contributed by atoms with Crippen LogP contribution in [0.25, 0.3) is 0 Å². The number of aliphatic hydroxyl groups excluding tert-OH is 1. The highest BCUT2D eigenvalue weighted by atomic mass is 32.2. The fraction of sp³-hybridized carbons (Fsp3) is 0.600. The third-order valence-electron chi connectivity index (χ3n) is 4.23. The molecule has 0 bridgehead atoms. The predicted octanol–water partition coefficient (Wildman–Crippen LogP) is 2.09. The third-order valence-corrected chi connectivity index (χ3v) is 6.90. The quantitative estimate of drug-likeness (QED) is 0.924. The van der Waals surface area contributed by atoms with E-state index in [-0.39, 0.29) is 12.7 Å². The van der Waals surface area contributed by atoms with Gasteiger partial charge in [0, 0.05) is 6.61 Å². The number of benzene rings is 1. The molecular weight excluding hydrogens is 276 g/mol. The van der Waals surface area contributed by atoms with E-state index in [1.807, 2.05) is 19.9 Å². The summed E-state index contributed by atoms with van der Waals surface area (Å²) in [5.74, 6) is 0. The second-order valence-corrected chi connectivity index (χ2v) is 7.83. The fourth-order valence-corrected chi connectivity index (χ4v) is 5.13. The summed E-state index contributed by atoms with van der Waals surface area (Å²) >= 11 is 0. The van der Waals surface area contributed by atoms with Crippen molar-refractivity contribution in [3.05, 3.63) is 29.8 Å². The van der Waals surface area contributed by atoms with Crippen LogP contribution in [0.1, 0.15) is 31.7 Å². The molecule has 0 aromatic heterocycles. The molecule has 2 unspecified atom stereocenters. The van der Waals surface area contributed by atoms with Gasteiger partial charge in [-0.25, -0.2) is 8.42 Å². The van der Waals surface area contributed by atoms with Gasteiger partial charge in [0.15, 0.2) is 9.84 Å². The average molecular weight is 298 g/mol. The second kappa shape index (κ2) is 5.84. The van der Waals surface area contributed by atoms with Gasteiger partial charge in [-0.3, -0.25) is 0 Å².